The van der Waals surface area contributed by atoms with E-state index in [1.165, 1.54) is 0 Å². The maximum absolute atomic E-state index is 12.0. The third-order valence-electron chi connectivity index (χ3n) is 3.62. The average molecular weight is 289 g/mol. The van der Waals surface area contributed by atoms with Crippen molar-refractivity contribution in [3.05, 3.63) is 0 Å². The van der Waals surface area contributed by atoms with Crippen LogP contribution in [0.3, 0.4) is 0 Å². The van der Waals surface area contributed by atoms with Crippen LogP contribution in [-0.2, 0) is 20.4 Å². The number of aliphatic carboxylic acids is 1. The first kappa shape index (κ1) is 16.1. The van der Waals surface area contributed by atoms with Crippen LogP contribution in [0.4, 0.5) is 0 Å². The van der Waals surface area contributed by atoms with E-state index in [0.29, 0.717) is 5.75 Å². The molecule has 0 aromatic heterocycles. The zero-order chi connectivity index (χ0) is 14.5. The molecule has 5 nitrogen and oxygen atoms in total. The van der Waals surface area contributed by atoms with E-state index in [2.05, 4.69) is 5.32 Å². The molecule has 0 aromatic rings. The van der Waals surface area contributed by atoms with Crippen LogP contribution in [0.1, 0.15) is 45.4 Å². The van der Waals surface area contributed by atoms with E-state index in [0.717, 1.165) is 25.7 Å². The molecule has 0 aliphatic heterocycles. The Balaban J connectivity index is 2.52. The Morgan fingerprint density at radius 3 is 2.37 bits per heavy atom. The highest BCUT2D eigenvalue weighted by Crippen LogP contribution is 2.43. The van der Waals surface area contributed by atoms with Crippen molar-refractivity contribution < 1.29 is 18.9 Å². The van der Waals surface area contributed by atoms with Crippen LogP contribution in [0.25, 0.3) is 0 Å². The fourth-order valence-electron chi connectivity index (χ4n) is 2.92. The molecular formula is C13H23NO4S. The number of amides is 1. The van der Waals surface area contributed by atoms with E-state index in [-0.39, 0.29) is 30.2 Å². The highest BCUT2D eigenvalue weighted by atomic mass is 32.2. The minimum absolute atomic E-state index is 0.0640. The van der Waals surface area contributed by atoms with E-state index in [1.54, 1.807) is 6.26 Å². The Morgan fingerprint density at radius 2 is 1.89 bits per heavy atom. The Morgan fingerprint density at radius 1 is 1.32 bits per heavy atom. The first-order chi connectivity index (χ1) is 8.83. The van der Waals surface area contributed by atoms with Gasteiger partial charge in [0.05, 0.1) is 6.42 Å². The number of hydrogen-bond acceptors (Lipinski definition) is 3. The lowest BCUT2D eigenvalue weighted by Gasteiger charge is -2.27. The molecule has 1 aliphatic carbocycles. The molecule has 0 saturated heterocycles. The molecule has 0 heterocycles. The molecule has 0 radical (unpaired) electrons. The van der Waals surface area contributed by atoms with Gasteiger partial charge >= 0.3 is 5.97 Å². The van der Waals surface area contributed by atoms with Gasteiger partial charge in [-0.05, 0) is 25.2 Å². The van der Waals surface area contributed by atoms with Crippen molar-refractivity contribution in [3.63, 3.8) is 0 Å². The molecule has 1 aliphatic rings. The molecule has 2 atom stereocenters. The normalized spacial score (nSPS) is 20.7. The third kappa shape index (κ3) is 5.72. The number of carbonyl (C=O) groups excluding carboxylic acids is 1. The number of carboxylic acids is 1. The van der Waals surface area contributed by atoms with E-state index in [4.69, 9.17) is 5.11 Å². The lowest BCUT2D eigenvalue weighted by atomic mass is 9.79. The fourth-order valence-corrected chi connectivity index (χ4v) is 3.71. The summed E-state index contributed by atoms with van der Waals surface area (Å²) in [4.78, 5) is 22.9. The van der Waals surface area contributed by atoms with Crippen molar-refractivity contribution in [1.29, 1.82) is 0 Å². The summed E-state index contributed by atoms with van der Waals surface area (Å²) in [5.74, 6) is -0.531. The fraction of sp³-hybridized carbons (Fsp3) is 0.846. The van der Waals surface area contributed by atoms with Crippen LogP contribution in [0.5, 0.6) is 0 Å². The molecular weight excluding hydrogens is 266 g/mol. The molecule has 1 rings (SSSR count). The van der Waals surface area contributed by atoms with Gasteiger partial charge in [-0.1, -0.05) is 12.8 Å². The van der Waals surface area contributed by atoms with Crippen LogP contribution in [0.2, 0.25) is 0 Å². The molecule has 0 aromatic carbocycles. The summed E-state index contributed by atoms with van der Waals surface area (Å²) >= 11 is 0. The van der Waals surface area contributed by atoms with Gasteiger partial charge in [-0.25, -0.2) is 0 Å². The van der Waals surface area contributed by atoms with Crippen molar-refractivity contribution in [3.8, 4) is 0 Å². The summed E-state index contributed by atoms with van der Waals surface area (Å²) in [5.41, 5.74) is -0.374. The van der Waals surface area contributed by atoms with E-state index in [1.807, 2.05) is 6.92 Å². The second-order valence-electron chi connectivity index (χ2n) is 5.66. The molecule has 1 fully saturated rings. The van der Waals surface area contributed by atoms with Gasteiger partial charge in [0.15, 0.2) is 0 Å². The molecule has 0 bridgehead atoms. The smallest absolute Gasteiger partial charge is 0.303 e. The van der Waals surface area contributed by atoms with Crippen molar-refractivity contribution in [2.45, 2.75) is 51.5 Å². The molecule has 110 valence electrons. The summed E-state index contributed by atoms with van der Waals surface area (Å²) in [6.45, 7) is 1.82. The zero-order valence-electron chi connectivity index (χ0n) is 11.6. The molecule has 19 heavy (non-hydrogen) atoms. The predicted octanol–water partition coefficient (Wildman–Crippen LogP) is 1.29. The monoisotopic (exact) mass is 289 g/mol. The molecule has 1 amide bonds. The topological polar surface area (TPSA) is 83.5 Å². The van der Waals surface area contributed by atoms with E-state index in [9.17, 15) is 13.8 Å². The lowest BCUT2D eigenvalue weighted by molar-refractivity contribution is -0.140. The Bertz CT molecular complexity index is 364. The van der Waals surface area contributed by atoms with Gasteiger partial charge in [-0.15, -0.1) is 0 Å². The van der Waals surface area contributed by atoms with Gasteiger partial charge in [0.1, 0.15) is 0 Å². The highest BCUT2D eigenvalue weighted by Gasteiger charge is 2.38. The summed E-state index contributed by atoms with van der Waals surface area (Å²) in [6, 6.07) is -0.137. The summed E-state index contributed by atoms with van der Waals surface area (Å²) < 4.78 is 11.1. The van der Waals surface area contributed by atoms with Crippen LogP contribution >= 0.6 is 0 Å². The van der Waals surface area contributed by atoms with Crippen molar-refractivity contribution in [2.75, 3.05) is 12.0 Å². The Labute approximate surface area is 116 Å². The molecule has 6 heteroatoms. The van der Waals surface area contributed by atoms with Crippen LogP contribution in [0.15, 0.2) is 0 Å². The Kier molecular flexibility index (Phi) is 5.97. The standard InChI is InChI=1S/C13H23NO4S/c1-10(9-19(2)18)14-11(15)7-13(8-12(16)17)5-3-4-6-13/h10H,3-9H2,1-2H3,(H,14,15)(H,16,17). The highest BCUT2D eigenvalue weighted by molar-refractivity contribution is 7.84. The maximum atomic E-state index is 12.0. The minimum atomic E-state index is -0.944. The van der Waals surface area contributed by atoms with E-state index >= 15 is 0 Å². The molecule has 2 N–H and O–H groups in total. The second kappa shape index (κ2) is 7.03. The van der Waals surface area contributed by atoms with Crippen LogP contribution in [-0.4, -0.2) is 39.2 Å². The minimum Gasteiger partial charge on any atom is -0.481 e. The van der Waals surface area contributed by atoms with Crippen LogP contribution in [0, 0.1) is 5.41 Å². The van der Waals surface area contributed by atoms with E-state index < -0.39 is 16.8 Å². The second-order valence-corrected chi connectivity index (χ2v) is 7.14. The molecule has 2 unspecified atom stereocenters. The van der Waals surface area contributed by atoms with Gasteiger partial charge < -0.3 is 10.4 Å². The van der Waals surface area contributed by atoms with Crippen molar-refractivity contribution >= 4 is 22.7 Å². The lowest BCUT2D eigenvalue weighted by Crippen LogP contribution is -2.39. The number of hydrogen-bond donors (Lipinski definition) is 2. The van der Waals surface area contributed by atoms with Gasteiger partial charge in [0.25, 0.3) is 0 Å². The van der Waals surface area contributed by atoms with Gasteiger partial charge in [0.2, 0.25) is 5.91 Å². The first-order valence-electron chi connectivity index (χ1n) is 6.64. The van der Waals surface area contributed by atoms with Crippen LogP contribution < -0.4 is 5.32 Å². The van der Waals surface area contributed by atoms with Gasteiger partial charge in [-0.2, -0.15) is 0 Å². The summed E-state index contributed by atoms with van der Waals surface area (Å²) in [6.07, 6.45) is 5.53. The maximum Gasteiger partial charge on any atom is 0.303 e. The van der Waals surface area contributed by atoms with Crippen molar-refractivity contribution in [2.24, 2.45) is 5.41 Å². The zero-order valence-corrected chi connectivity index (χ0v) is 12.4. The Hall–Kier alpha value is -0.910. The SMILES string of the molecule is CC(CS(C)=O)NC(=O)CC1(CC(=O)O)CCCC1. The summed E-state index contributed by atoms with van der Waals surface area (Å²) in [7, 11) is -0.944. The first-order valence-corrected chi connectivity index (χ1v) is 8.37. The number of nitrogens with one attached hydrogen (secondary N) is 1. The number of carbonyl (C=O) groups is 2. The van der Waals surface area contributed by atoms with Crippen molar-refractivity contribution in [1.82, 2.24) is 5.32 Å². The largest absolute Gasteiger partial charge is 0.481 e. The predicted molar refractivity (Wildman–Crippen MR) is 74.3 cm³/mol. The number of rotatable bonds is 7. The molecule has 1 saturated carbocycles. The molecule has 0 spiro atoms. The number of carboxylic acid groups (broad SMARTS) is 1. The quantitative estimate of drug-likeness (QED) is 0.740. The van der Waals surface area contributed by atoms with Gasteiger partial charge in [-0.3, -0.25) is 13.8 Å². The third-order valence-corrected chi connectivity index (χ3v) is 4.59. The summed E-state index contributed by atoms with van der Waals surface area (Å²) in [5, 5.41) is 11.8. The van der Waals surface area contributed by atoms with Gasteiger partial charge in [0, 0.05) is 35.3 Å². The average Bonchev–Trinajstić information content (AvgIpc) is 2.62.